The number of halogens is 1. The van der Waals surface area contributed by atoms with Crippen molar-refractivity contribution in [2.45, 2.75) is 76.9 Å². The van der Waals surface area contributed by atoms with Crippen LogP contribution in [0.1, 0.15) is 63.9 Å². The molecule has 0 spiro atoms. The summed E-state index contributed by atoms with van der Waals surface area (Å²) in [6, 6.07) is 7.14. The Kier molecular flexibility index (Phi) is 8.42. The molecule has 2 aliphatic carbocycles. The van der Waals surface area contributed by atoms with Crippen LogP contribution in [0.25, 0.3) is 0 Å². The summed E-state index contributed by atoms with van der Waals surface area (Å²) < 4.78 is 0.895. The molecular weight excluding hydrogens is 510 g/mol. The van der Waals surface area contributed by atoms with E-state index in [-0.39, 0.29) is 61.0 Å². The van der Waals surface area contributed by atoms with E-state index in [2.05, 4.69) is 21.2 Å². The topological polar surface area (TPSA) is 86.8 Å². The van der Waals surface area contributed by atoms with Gasteiger partial charge in [0.1, 0.15) is 6.04 Å². The van der Waals surface area contributed by atoms with Crippen LogP contribution in [0.5, 0.6) is 0 Å². The largest absolute Gasteiger partial charge is 0.352 e. The second kappa shape index (κ2) is 11.5. The standard InChI is InChI=1S/C27H34BrN3O4/c1-18(25(33)29-21-10-3-2-4-11-21)31(17-19-8-7-9-20(28)16-19)24(32)14-15-30-26(34)22-12-5-6-13-23(22)27(30)35/h5-9,16,18,21-23H,2-4,10-15,17H2,1H3,(H,29,33)/t18-,22-,23+/m1/s1. The van der Waals surface area contributed by atoms with Crippen LogP contribution in [0.2, 0.25) is 0 Å². The third-order valence-corrected chi connectivity index (χ3v) is 8.00. The Morgan fingerprint density at radius 2 is 1.74 bits per heavy atom. The van der Waals surface area contributed by atoms with Crippen molar-refractivity contribution < 1.29 is 19.2 Å². The van der Waals surface area contributed by atoms with Crippen LogP contribution < -0.4 is 5.32 Å². The van der Waals surface area contributed by atoms with E-state index in [9.17, 15) is 19.2 Å². The molecule has 0 bridgehead atoms. The van der Waals surface area contributed by atoms with Gasteiger partial charge in [0, 0.05) is 30.0 Å². The van der Waals surface area contributed by atoms with E-state index >= 15 is 0 Å². The monoisotopic (exact) mass is 543 g/mol. The third kappa shape index (κ3) is 6.02. The fourth-order valence-corrected chi connectivity index (χ4v) is 5.87. The summed E-state index contributed by atoms with van der Waals surface area (Å²) in [5.41, 5.74) is 0.899. The average Bonchev–Trinajstić information content (AvgIpc) is 3.10. The molecule has 3 aliphatic rings. The molecule has 35 heavy (non-hydrogen) atoms. The molecule has 1 aliphatic heterocycles. The Morgan fingerprint density at radius 1 is 1.09 bits per heavy atom. The molecule has 0 aromatic heterocycles. The minimum Gasteiger partial charge on any atom is -0.352 e. The molecule has 8 heteroatoms. The van der Waals surface area contributed by atoms with Crippen molar-refractivity contribution in [1.29, 1.82) is 0 Å². The molecule has 1 saturated carbocycles. The molecule has 188 valence electrons. The van der Waals surface area contributed by atoms with Gasteiger partial charge in [-0.3, -0.25) is 24.1 Å². The van der Waals surface area contributed by atoms with Gasteiger partial charge in [-0.15, -0.1) is 0 Å². The smallest absolute Gasteiger partial charge is 0.242 e. The first-order valence-electron chi connectivity index (χ1n) is 12.7. The van der Waals surface area contributed by atoms with Crippen molar-refractivity contribution in [3.63, 3.8) is 0 Å². The number of allylic oxidation sites excluding steroid dienone is 2. The summed E-state index contributed by atoms with van der Waals surface area (Å²) >= 11 is 3.47. The number of rotatable bonds is 8. The summed E-state index contributed by atoms with van der Waals surface area (Å²) in [5.74, 6) is -1.38. The predicted molar refractivity (Wildman–Crippen MR) is 136 cm³/mol. The molecular formula is C27H34BrN3O4. The van der Waals surface area contributed by atoms with Crippen LogP contribution in [0.15, 0.2) is 40.9 Å². The zero-order valence-corrected chi connectivity index (χ0v) is 21.8. The molecule has 0 unspecified atom stereocenters. The molecule has 4 rings (SSSR count). The Bertz CT molecular complexity index is 978. The Balaban J connectivity index is 1.44. The number of nitrogens with one attached hydrogen (secondary N) is 1. The number of hydrogen-bond donors (Lipinski definition) is 1. The highest BCUT2D eigenvalue weighted by atomic mass is 79.9. The van der Waals surface area contributed by atoms with Crippen LogP contribution in [0.4, 0.5) is 0 Å². The van der Waals surface area contributed by atoms with Crippen LogP contribution in [0, 0.1) is 11.8 Å². The highest BCUT2D eigenvalue weighted by molar-refractivity contribution is 9.10. The lowest BCUT2D eigenvalue weighted by molar-refractivity contribution is -0.144. The van der Waals surface area contributed by atoms with Gasteiger partial charge in [-0.1, -0.05) is 59.5 Å². The normalized spacial score (nSPS) is 23.2. The number of nitrogens with zero attached hydrogens (tertiary/aromatic N) is 2. The zero-order chi connectivity index (χ0) is 24.9. The number of carbonyl (C=O) groups excluding carboxylic acids is 4. The molecule has 2 fully saturated rings. The molecule has 0 radical (unpaired) electrons. The summed E-state index contributed by atoms with van der Waals surface area (Å²) in [6.07, 6.45) is 10.4. The van der Waals surface area contributed by atoms with E-state index in [1.54, 1.807) is 11.8 Å². The lowest BCUT2D eigenvalue weighted by atomic mass is 9.85. The summed E-state index contributed by atoms with van der Waals surface area (Å²) in [6.45, 7) is 2.07. The van der Waals surface area contributed by atoms with Crippen molar-refractivity contribution in [3.8, 4) is 0 Å². The Labute approximate surface area is 215 Å². The maximum Gasteiger partial charge on any atom is 0.242 e. The van der Waals surface area contributed by atoms with Gasteiger partial charge in [0.15, 0.2) is 0 Å². The average molecular weight is 544 g/mol. The highest BCUT2D eigenvalue weighted by Gasteiger charge is 2.47. The lowest BCUT2D eigenvalue weighted by Gasteiger charge is -2.31. The van der Waals surface area contributed by atoms with Crippen LogP contribution in [0.3, 0.4) is 0 Å². The second-order valence-corrected chi connectivity index (χ2v) is 10.8. The number of carbonyl (C=O) groups is 4. The van der Waals surface area contributed by atoms with Crippen molar-refractivity contribution in [2.75, 3.05) is 6.54 Å². The van der Waals surface area contributed by atoms with Crippen molar-refractivity contribution in [1.82, 2.24) is 15.1 Å². The van der Waals surface area contributed by atoms with Crippen LogP contribution >= 0.6 is 15.9 Å². The SMILES string of the molecule is C[C@H](C(=O)NC1CCCCC1)N(Cc1cccc(Br)c1)C(=O)CCN1C(=O)[C@H]2CC=CC[C@H]2C1=O. The number of imide groups is 1. The van der Waals surface area contributed by atoms with Gasteiger partial charge in [0.25, 0.3) is 0 Å². The van der Waals surface area contributed by atoms with E-state index in [1.807, 2.05) is 36.4 Å². The number of likely N-dealkylation sites (tertiary alicyclic amines) is 1. The van der Waals surface area contributed by atoms with Gasteiger partial charge in [-0.25, -0.2) is 0 Å². The molecule has 1 aromatic carbocycles. The molecule has 1 heterocycles. The number of fused-ring (bicyclic) bond motifs is 1. The molecule has 3 atom stereocenters. The number of amides is 4. The van der Waals surface area contributed by atoms with Gasteiger partial charge < -0.3 is 10.2 Å². The second-order valence-electron chi connectivity index (χ2n) is 9.90. The maximum absolute atomic E-state index is 13.4. The summed E-state index contributed by atoms with van der Waals surface area (Å²) in [7, 11) is 0. The van der Waals surface area contributed by atoms with Crippen LogP contribution in [-0.4, -0.2) is 52.1 Å². The molecule has 4 amide bonds. The van der Waals surface area contributed by atoms with E-state index < -0.39 is 6.04 Å². The van der Waals surface area contributed by atoms with Gasteiger partial charge in [-0.05, 0) is 50.3 Å². The summed E-state index contributed by atoms with van der Waals surface area (Å²) in [5, 5.41) is 3.13. The van der Waals surface area contributed by atoms with E-state index in [4.69, 9.17) is 0 Å². The molecule has 1 saturated heterocycles. The number of hydrogen-bond acceptors (Lipinski definition) is 4. The third-order valence-electron chi connectivity index (χ3n) is 7.51. The Hall–Kier alpha value is -2.48. The van der Waals surface area contributed by atoms with E-state index in [1.165, 1.54) is 11.3 Å². The van der Waals surface area contributed by atoms with Crippen LogP contribution in [-0.2, 0) is 25.7 Å². The fourth-order valence-electron chi connectivity index (χ4n) is 5.42. The minimum absolute atomic E-state index is 0.000595. The molecule has 1 aromatic rings. The molecule has 7 nitrogen and oxygen atoms in total. The van der Waals surface area contributed by atoms with E-state index in [0.29, 0.717) is 12.8 Å². The van der Waals surface area contributed by atoms with Crippen molar-refractivity contribution in [3.05, 3.63) is 46.5 Å². The summed E-state index contributed by atoms with van der Waals surface area (Å²) in [4.78, 5) is 55.0. The van der Waals surface area contributed by atoms with Gasteiger partial charge in [-0.2, -0.15) is 0 Å². The molecule has 1 N–H and O–H groups in total. The van der Waals surface area contributed by atoms with Crippen molar-refractivity contribution in [2.24, 2.45) is 11.8 Å². The first-order valence-corrected chi connectivity index (χ1v) is 13.5. The Morgan fingerprint density at radius 3 is 2.37 bits per heavy atom. The predicted octanol–water partition coefficient (Wildman–Crippen LogP) is 3.96. The fraction of sp³-hybridized carbons (Fsp3) is 0.556. The minimum atomic E-state index is -0.667. The number of benzene rings is 1. The van der Waals surface area contributed by atoms with Gasteiger partial charge in [0.2, 0.25) is 23.6 Å². The van der Waals surface area contributed by atoms with Crippen molar-refractivity contribution >= 4 is 39.6 Å². The quantitative estimate of drug-likeness (QED) is 0.397. The highest BCUT2D eigenvalue weighted by Crippen LogP contribution is 2.35. The zero-order valence-electron chi connectivity index (χ0n) is 20.2. The van der Waals surface area contributed by atoms with Gasteiger partial charge >= 0.3 is 0 Å². The van der Waals surface area contributed by atoms with E-state index in [0.717, 1.165) is 35.7 Å². The van der Waals surface area contributed by atoms with Gasteiger partial charge in [0.05, 0.1) is 11.8 Å². The first kappa shape index (κ1) is 25.6. The lowest BCUT2D eigenvalue weighted by Crippen LogP contribution is -2.51. The first-order chi connectivity index (χ1) is 16.8. The maximum atomic E-state index is 13.4.